The zero-order chi connectivity index (χ0) is 23.3. The lowest BCUT2D eigenvalue weighted by atomic mass is 9.85. The third-order valence-corrected chi connectivity index (χ3v) is 5.38. The molecule has 8 heteroatoms. The molecule has 3 N–H and O–H groups in total. The first-order valence-electron chi connectivity index (χ1n) is 10.1. The van der Waals surface area contributed by atoms with Gasteiger partial charge in [0, 0.05) is 29.7 Å². The number of aromatic amines is 1. The third kappa shape index (κ3) is 5.75. The Bertz CT molecular complexity index is 1160. The molecule has 0 unspecified atom stereocenters. The second kappa shape index (κ2) is 9.97. The van der Waals surface area contributed by atoms with Crippen molar-refractivity contribution in [2.75, 3.05) is 20.3 Å². The molecule has 0 aliphatic carbocycles. The number of carbonyl (C=O) groups excluding carboxylic acids is 1. The lowest BCUT2D eigenvalue weighted by Crippen LogP contribution is -2.33. The summed E-state index contributed by atoms with van der Waals surface area (Å²) in [7, 11) is 1.61. The molecule has 1 amide bonds. The van der Waals surface area contributed by atoms with Crippen LogP contribution in [0.2, 0.25) is 5.02 Å². The van der Waals surface area contributed by atoms with Gasteiger partial charge in [0.05, 0.1) is 17.3 Å². The molecule has 2 aromatic carbocycles. The third-order valence-electron chi connectivity index (χ3n) is 5.05. The lowest BCUT2D eigenvalue weighted by Gasteiger charge is -2.20. The Morgan fingerprint density at radius 3 is 2.50 bits per heavy atom. The molecule has 0 aliphatic heterocycles. The molecule has 1 aromatic heterocycles. The predicted octanol–water partition coefficient (Wildman–Crippen LogP) is 3.84. The number of rotatable bonds is 9. The van der Waals surface area contributed by atoms with E-state index in [0.717, 1.165) is 11.1 Å². The summed E-state index contributed by atoms with van der Waals surface area (Å²) in [4.78, 5) is 31.5. The predicted molar refractivity (Wildman–Crippen MR) is 125 cm³/mol. The van der Waals surface area contributed by atoms with Gasteiger partial charge in [-0.3, -0.25) is 9.59 Å². The summed E-state index contributed by atoms with van der Waals surface area (Å²) in [6.07, 6.45) is 0.432. The molecule has 0 fully saturated rings. The Kier molecular flexibility index (Phi) is 7.33. The van der Waals surface area contributed by atoms with E-state index in [0.29, 0.717) is 47.5 Å². The van der Waals surface area contributed by atoms with E-state index in [4.69, 9.17) is 26.8 Å². The number of benzene rings is 2. The van der Waals surface area contributed by atoms with Crippen LogP contribution in [0.15, 0.2) is 53.3 Å². The number of amides is 1. The summed E-state index contributed by atoms with van der Waals surface area (Å²) in [5.74, 6) is 0.650. The Hall–Kier alpha value is -3.16. The number of hydrogen-bond acceptors (Lipinski definition) is 5. The number of nitrogens with two attached hydrogens (primary N) is 1. The number of primary amides is 1. The largest absolute Gasteiger partial charge is 0.491 e. The maximum atomic E-state index is 12.4. The first-order valence-corrected chi connectivity index (χ1v) is 10.5. The Labute approximate surface area is 191 Å². The Balaban J connectivity index is 1.93. The minimum Gasteiger partial charge on any atom is -0.491 e. The van der Waals surface area contributed by atoms with E-state index in [-0.39, 0.29) is 5.56 Å². The zero-order valence-electron chi connectivity index (χ0n) is 18.3. The number of halogens is 1. The molecule has 0 saturated heterocycles. The van der Waals surface area contributed by atoms with Gasteiger partial charge in [0.1, 0.15) is 18.2 Å². The molecule has 0 spiro atoms. The van der Waals surface area contributed by atoms with E-state index in [2.05, 4.69) is 9.97 Å². The van der Waals surface area contributed by atoms with E-state index < -0.39 is 11.3 Å². The second-order valence-corrected chi connectivity index (χ2v) is 8.49. The number of aromatic nitrogens is 2. The van der Waals surface area contributed by atoms with E-state index in [9.17, 15) is 9.59 Å². The number of ether oxygens (including phenoxy) is 2. The molecule has 0 bridgehead atoms. The van der Waals surface area contributed by atoms with Crippen molar-refractivity contribution in [1.29, 1.82) is 0 Å². The fourth-order valence-corrected chi connectivity index (χ4v) is 3.37. The number of hydrogen-bond donors (Lipinski definition) is 2. The Morgan fingerprint density at radius 1 is 1.12 bits per heavy atom. The first-order chi connectivity index (χ1) is 15.2. The second-order valence-electron chi connectivity index (χ2n) is 8.08. The normalized spacial score (nSPS) is 11.4. The van der Waals surface area contributed by atoms with Crippen LogP contribution in [-0.4, -0.2) is 36.2 Å². The maximum Gasteiger partial charge on any atom is 0.251 e. The number of methoxy groups -OCH3 is 1. The number of nitrogens with zero attached hydrogens (tertiary/aromatic N) is 1. The van der Waals surface area contributed by atoms with Gasteiger partial charge in [-0.2, -0.15) is 0 Å². The molecule has 7 nitrogen and oxygen atoms in total. The molecule has 168 valence electrons. The van der Waals surface area contributed by atoms with Gasteiger partial charge in [0.2, 0.25) is 5.91 Å². The maximum absolute atomic E-state index is 12.4. The average molecular weight is 456 g/mol. The number of nitrogens with one attached hydrogen (secondary N) is 1. The van der Waals surface area contributed by atoms with Crippen molar-refractivity contribution in [3.8, 4) is 28.4 Å². The summed E-state index contributed by atoms with van der Waals surface area (Å²) >= 11 is 6.42. The van der Waals surface area contributed by atoms with Crippen LogP contribution < -0.4 is 16.0 Å². The van der Waals surface area contributed by atoms with Crippen LogP contribution >= 0.6 is 11.6 Å². The highest BCUT2D eigenvalue weighted by molar-refractivity contribution is 6.33. The van der Waals surface area contributed by atoms with E-state index >= 15 is 0 Å². The van der Waals surface area contributed by atoms with Crippen molar-refractivity contribution >= 4 is 17.5 Å². The Morgan fingerprint density at radius 2 is 1.84 bits per heavy atom. The van der Waals surface area contributed by atoms with E-state index in [1.165, 1.54) is 6.07 Å². The first kappa shape index (κ1) is 23.5. The van der Waals surface area contributed by atoms with E-state index in [1.54, 1.807) is 27.0 Å². The van der Waals surface area contributed by atoms with Crippen LogP contribution in [0.5, 0.6) is 5.75 Å². The molecule has 0 atom stereocenters. The number of H-pyrrole nitrogens is 1. The van der Waals surface area contributed by atoms with Crippen molar-refractivity contribution in [2.24, 2.45) is 11.1 Å². The highest BCUT2D eigenvalue weighted by Crippen LogP contribution is 2.30. The van der Waals surface area contributed by atoms with Crippen molar-refractivity contribution in [1.82, 2.24) is 9.97 Å². The van der Waals surface area contributed by atoms with Crippen LogP contribution in [0, 0.1) is 5.41 Å². The molecule has 3 aromatic rings. The van der Waals surface area contributed by atoms with Crippen LogP contribution in [0.25, 0.3) is 22.6 Å². The van der Waals surface area contributed by atoms with Crippen molar-refractivity contribution in [3.05, 3.63) is 69.5 Å². The van der Waals surface area contributed by atoms with Gasteiger partial charge in [-0.1, -0.05) is 31.5 Å². The standard InChI is InChI=1S/C24H26ClN3O4/c1-24(2,23(26)30)14-15-4-9-19(25)18(12-15)22-27-20(13-21(29)28-22)16-5-7-17(8-6-16)32-11-10-31-3/h4-9,12-13H,10-11,14H2,1-3H3,(H2,26,30)(H,27,28,29). The minimum atomic E-state index is -0.721. The summed E-state index contributed by atoms with van der Waals surface area (Å²) in [6, 6.07) is 14.1. The zero-order valence-corrected chi connectivity index (χ0v) is 19.0. The van der Waals surface area contributed by atoms with Crippen LogP contribution in [-0.2, 0) is 16.0 Å². The van der Waals surface area contributed by atoms with Crippen LogP contribution in [0.1, 0.15) is 19.4 Å². The molecule has 3 rings (SSSR count). The fourth-order valence-electron chi connectivity index (χ4n) is 3.16. The SMILES string of the molecule is COCCOc1ccc(-c2cc(=O)[nH]c(-c3cc(CC(C)(C)C(N)=O)ccc3Cl)n2)cc1. The van der Waals surface area contributed by atoms with E-state index in [1.807, 2.05) is 36.4 Å². The molecule has 32 heavy (non-hydrogen) atoms. The van der Waals surface area contributed by atoms with Gasteiger partial charge in [0.15, 0.2) is 0 Å². The monoisotopic (exact) mass is 455 g/mol. The summed E-state index contributed by atoms with van der Waals surface area (Å²) in [6.45, 7) is 4.52. The summed E-state index contributed by atoms with van der Waals surface area (Å²) < 4.78 is 10.6. The van der Waals surface area contributed by atoms with Crippen molar-refractivity contribution < 1.29 is 14.3 Å². The summed E-state index contributed by atoms with van der Waals surface area (Å²) in [5.41, 5.74) is 7.18. The van der Waals surface area contributed by atoms with Gasteiger partial charge in [-0.25, -0.2) is 4.98 Å². The van der Waals surface area contributed by atoms with Gasteiger partial charge in [-0.15, -0.1) is 0 Å². The smallest absolute Gasteiger partial charge is 0.251 e. The molecule has 0 radical (unpaired) electrons. The molecule has 0 aliphatic rings. The lowest BCUT2D eigenvalue weighted by molar-refractivity contribution is -0.125. The average Bonchev–Trinajstić information content (AvgIpc) is 2.75. The van der Waals surface area contributed by atoms with Crippen LogP contribution in [0.3, 0.4) is 0 Å². The summed E-state index contributed by atoms with van der Waals surface area (Å²) in [5, 5.41) is 0.438. The molecule has 1 heterocycles. The quantitative estimate of drug-likeness (QED) is 0.477. The van der Waals surface area contributed by atoms with Crippen LogP contribution in [0.4, 0.5) is 0 Å². The van der Waals surface area contributed by atoms with Gasteiger partial charge in [0.25, 0.3) is 5.56 Å². The topological polar surface area (TPSA) is 107 Å². The van der Waals surface area contributed by atoms with Crippen molar-refractivity contribution in [2.45, 2.75) is 20.3 Å². The van der Waals surface area contributed by atoms with Gasteiger partial charge in [-0.05, 0) is 48.4 Å². The number of carbonyl (C=O) groups is 1. The molecular formula is C24H26ClN3O4. The molecular weight excluding hydrogens is 430 g/mol. The highest BCUT2D eigenvalue weighted by atomic mass is 35.5. The fraction of sp³-hybridized carbons (Fsp3) is 0.292. The molecule has 0 saturated carbocycles. The van der Waals surface area contributed by atoms with Crippen molar-refractivity contribution in [3.63, 3.8) is 0 Å². The highest BCUT2D eigenvalue weighted by Gasteiger charge is 2.25. The van der Waals surface area contributed by atoms with Gasteiger partial charge >= 0.3 is 0 Å². The minimum absolute atomic E-state index is 0.302. The van der Waals surface area contributed by atoms with Gasteiger partial charge < -0.3 is 20.2 Å².